The number of phenolic OH excluding ortho intramolecular Hbond substituents is 1. The number of phenols is 1. The molecule has 0 heterocycles. The molecule has 0 aliphatic rings. The first-order valence-corrected chi connectivity index (χ1v) is 5.67. The molecule has 0 radical (unpaired) electrons. The van der Waals surface area contributed by atoms with Crippen LogP contribution in [0.2, 0.25) is 5.02 Å². The van der Waals surface area contributed by atoms with E-state index in [1.54, 1.807) is 12.1 Å². The Morgan fingerprint density at radius 1 is 1.53 bits per heavy atom. The average Bonchev–Trinajstić information content (AvgIpc) is 2.15. The number of hydrogen-bond donors (Lipinski definition) is 2. The molecule has 0 saturated heterocycles. The maximum absolute atomic E-state index is 9.76. The van der Waals surface area contributed by atoms with Crippen LogP contribution < -0.4 is 5.73 Å². The first-order valence-electron chi connectivity index (χ1n) is 4.50. The molecule has 5 heteroatoms. The number of hydrogen-bond acceptors (Lipinski definition) is 2. The molecule has 1 aromatic rings. The van der Waals surface area contributed by atoms with Crippen molar-refractivity contribution in [2.24, 2.45) is 5.73 Å². The molecule has 2 nitrogen and oxygen atoms in total. The van der Waals surface area contributed by atoms with Crippen molar-refractivity contribution in [1.29, 1.82) is 0 Å². The zero-order valence-electron chi connectivity index (χ0n) is 8.34. The monoisotopic (exact) mass is 313 g/mol. The molecule has 0 unspecified atom stereocenters. The van der Waals surface area contributed by atoms with Gasteiger partial charge in [0.2, 0.25) is 0 Å². The summed E-state index contributed by atoms with van der Waals surface area (Å²) in [6.07, 6.45) is 1.84. The lowest BCUT2D eigenvalue weighted by atomic mass is 10.0. The van der Waals surface area contributed by atoms with E-state index in [0.29, 0.717) is 9.50 Å². The van der Waals surface area contributed by atoms with Crippen LogP contribution in [0.3, 0.4) is 0 Å². The quantitative estimate of drug-likeness (QED) is 0.884. The third-order valence-electron chi connectivity index (χ3n) is 2.10. The second-order valence-electron chi connectivity index (χ2n) is 3.19. The Morgan fingerprint density at radius 2 is 2.13 bits per heavy atom. The number of halogens is 3. The van der Waals surface area contributed by atoms with Crippen molar-refractivity contribution in [2.75, 3.05) is 0 Å². The van der Waals surface area contributed by atoms with Crippen molar-refractivity contribution in [1.82, 2.24) is 0 Å². The Morgan fingerprint density at radius 3 is 2.67 bits per heavy atom. The molecule has 0 spiro atoms. The van der Waals surface area contributed by atoms with Crippen molar-refractivity contribution in [3.63, 3.8) is 0 Å². The summed E-state index contributed by atoms with van der Waals surface area (Å²) in [5.74, 6) is 0.151. The van der Waals surface area contributed by atoms with Crippen LogP contribution in [-0.4, -0.2) is 5.11 Å². The highest BCUT2D eigenvalue weighted by Gasteiger charge is 2.14. The van der Waals surface area contributed by atoms with E-state index in [4.69, 9.17) is 17.3 Å². The van der Waals surface area contributed by atoms with E-state index in [9.17, 15) is 5.11 Å². The topological polar surface area (TPSA) is 46.2 Å². The fourth-order valence-electron chi connectivity index (χ4n) is 1.32. The van der Waals surface area contributed by atoms with Crippen LogP contribution in [0.4, 0.5) is 0 Å². The summed E-state index contributed by atoms with van der Waals surface area (Å²) < 4.78 is 0.517. The summed E-state index contributed by atoms with van der Waals surface area (Å²) >= 11 is 9.03. The van der Waals surface area contributed by atoms with Crippen molar-refractivity contribution >= 4 is 39.9 Å². The number of nitrogens with two attached hydrogens (primary N) is 1. The van der Waals surface area contributed by atoms with Gasteiger partial charge in [0.05, 0.1) is 9.50 Å². The highest BCUT2D eigenvalue weighted by molar-refractivity contribution is 9.10. The summed E-state index contributed by atoms with van der Waals surface area (Å²) in [6.45, 7) is 2.06. The largest absolute Gasteiger partial charge is 0.506 e. The Balaban J connectivity index is 0.00000196. The molecule has 0 aromatic heterocycles. The van der Waals surface area contributed by atoms with Gasteiger partial charge in [0.1, 0.15) is 5.75 Å². The van der Waals surface area contributed by atoms with E-state index < -0.39 is 0 Å². The molecule has 0 saturated carbocycles. The van der Waals surface area contributed by atoms with Crippen LogP contribution in [-0.2, 0) is 0 Å². The van der Waals surface area contributed by atoms with Crippen LogP contribution in [0.15, 0.2) is 16.6 Å². The van der Waals surface area contributed by atoms with E-state index in [0.717, 1.165) is 18.4 Å². The maximum Gasteiger partial charge on any atom is 0.136 e. The van der Waals surface area contributed by atoms with Gasteiger partial charge < -0.3 is 10.8 Å². The lowest BCUT2D eigenvalue weighted by Crippen LogP contribution is -2.09. The highest BCUT2D eigenvalue weighted by Crippen LogP contribution is 2.37. The summed E-state index contributed by atoms with van der Waals surface area (Å²) in [5, 5.41) is 10.3. The first-order chi connectivity index (χ1) is 6.57. The fourth-order valence-corrected chi connectivity index (χ4v) is 1.83. The van der Waals surface area contributed by atoms with Gasteiger partial charge in [0.25, 0.3) is 0 Å². The smallest absolute Gasteiger partial charge is 0.136 e. The summed E-state index contributed by atoms with van der Waals surface area (Å²) in [6, 6.07) is 3.37. The van der Waals surface area contributed by atoms with Crippen LogP contribution in [0.1, 0.15) is 31.4 Å². The SMILES string of the molecule is CCC[C@H](N)c1ccc(Cl)c(Br)c1O.Cl. The number of rotatable bonds is 3. The minimum absolute atomic E-state index is 0. The molecule has 86 valence electrons. The van der Waals surface area contributed by atoms with Crippen LogP contribution >= 0.6 is 39.9 Å². The Bertz CT molecular complexity index is 333. The van der Waals surface area contributed by atoms with Crippen molar-refractivity contribution in [3.8, 4) is 5.75 Å². The van der Waals surface area contributed by atoms with Gasteiger partial charge in [-0.05, 0) is 28.4 Å². The standard InChI is InChI=1S/C10H13BrClNO.ClH/c1-2-3-8(13)6-4-5-7(12)9(11)10(6)14;/h4-5,8,14H,2-3,13H2,1H3;1H/t8-;/m0./s1. The predicted molar refractivity (Wildman–Crippen MR) is 69.9 cm³/mol. The second kappa shape index (κ2) is 6.59. The first kappa shape index (κ1) is 15.0. The predicted octanol–water partition coefficient (Wildman–Crippen LogP) is 4.03. The van der Waals surface area contributed by atoms with Gasteiger partial charge in [-0.2, -0.15) is 0 Å². The lowest BCUT2D eigenvalue weighted by Gasteiger charge is -2.14. The molecule has 0 aliphatic heterocycles. The van der Waals surface area contributed by atoms with E-state index in [2.05, 4.69) is 22.9 Å². The minimum Gasteiger partial charge on any atom is -0.506 e. The van der Waals surface area contributed by atoms with E-state index in [1.165, 1.54) is 0 Å². The van der Waals surface area contributed by atoms with Gasteiger partial charge in [0.15, 0.2) is 0 Å². The summed E-state index contributed by atoms with van der Waals surface area (Å²) in [5.41, 5.74) is 6.64. The third-order valence-corrected chi connectivity index (χ3v) is 3.45. The fraction of sp³-hybridized carbons (Fsp3) is 0.400. The van der Waals surface area contributed by atoms with Crippen LogP contribution in [0.5, 0.6) is 5.75 Å². The molecule has 0 fully saturated rings. The lowest BCUT2D eigenvalue weighted by molar-refractivity contribution is 0.455. The zero-order chi connectivity index (χ0) is 10.7. The molecule has 1 rings (SSSR count). The molecule has 15 heavy (non-hydrogen) atoms. The van der Waals surface area contributed by atoms with Crippen LogP contribution in [0.25, 0.3) is 0 Å². The van der Waals surface area contributed by atoms with Gasteiger partial charge in [-0.25, -0.2) is 0 Å². The Labute approximate surface area is 109 Å². The van der Waals surface area contributed by atoms with E-state index in [1.807, 2.05) is 0 Å². The van der Waals surface area contributed by atoms with Crippen LogP contribution in [0, 0.1) is 0 Å². The minimum atomic E-state index is -0.131. The van der Waals surface area contributed by atoms with Gasteiger partial charge in [-0.1, -0.05) is 31.0 Å². The van der Waals surface area contributed by atoms with E-state index in [-0.39, 0.29) is 24.2 Å². The van der Waals surface area contributed by atoms with Gasteiger partial charge in [-0.3, -0.25) is 0 Å². The normalized spacial score (nSPS) is 12.0. The molecular weight excluding hydrogens is 301 g/mol. The molecule has 3 N–H and O–H groups in total. The molecular formula is C10H14BrCl2NO. The van der Waals surface area contributed by atoms with Gasteiger partial charge in [-0.15, -0.1) is 12.4 Å². The Hall–Kier alpha value is 0.0400. The summed E-state index contributed by atoms with van der Waals surface area (Å²) in [7, 11) is 0. The zero-order valence-corrected chi connectivity index (χ0v) is 11.5. The molecule has 0 aliphatic carbocycles. The van der Waals surface area contributed by atoms with E-state index >= 15 is 0 Å². The molecule has 1 atom stereocenters. The van der Waals surface area contributed by atoms with Crippen molar-refractivity contribution in [3.05, 3.63) is 27.2 Å². The highest BCUT2D eigenvalue weighted by atomic mass is 79.9. The molecule has 0 bridgehead atoms. The average molecular weight is 315 g/mol. The van der Waals surface area contributed by atoms with Gasteiger partial charge >= 0.3 is 0 Å². The molecule has 0 amide bonds. The van der Waals surface area contributed by atoms with Crippen molar-refractivity contribution in [2.45, 2.75) is 25.8 Å². The third kappa shape index (κ3) is 3.52. The maximum atomic E-state index is 9.76. The number of aromatic hydroxyl groups is 1. The van der Waals surface area contributed by atoms with Crippen molar-refractivity contribution < 1.29 is 5.11 Å². The second-order valence-corrected chi connectivity index (χ2v) is 4.39. The summed E-state index contributed by atoms with van der Waals surface area (Å²) in [4.78, 5) is 0. The Kier molecular flexibility index (Phi) is 6.60. The number of benzene rings is 1. The molecule has 1 aromatic carbocycles. The van der Waals surface area contributed by atoms with Gasteiger partial charge in [0, 0.05) is 11.6 Å².